The van der Waals surface area contributed by atoms with Crippen LogP contribution >= 0.6 is 0 Å². The number of benzene rings is 1. The molecule has 114 valence electrons. The van der Waals surface area contributed by atoms with Crippen molar-refractivity contribution in [1.29, 1.82) is 0 Å². The molecule has 0 aliphatic heterocycles. The van der Waals surface area contributed by atoms with E-state index in [1.807, 2.05) is 26.8 Å². The van der Waals surface area contributed by atoms with E-state index in [-0.39, 0.29) is 25.2 Å². The van der Waals surface area contributed by atoms with Crippen LogP contribution in [0.5, 0.6) is 0 Å². The van der Waals surface area contributed by atoms with Gasteiger partial charge in [0.05, 0.1) is 0 Å². The third-order valence-corrected chi connectivity index (χ3v) is 3.31. The van der Waals surface area contributed by atoms with Gasteiger partial charge in [0.15, 0.2) is 0 Å². The molecule has 0 bridgehead atoms. The maximum atomic E-state index is 12.7. The zero-order chi connectivity index (χ0) is 15.8. The summed E-state index contributed by atoms with van der Waals surface area (Å²) in [6.45, 7) is 6.17. The minimum atomic E-state index is -0.202. The van der Waals surface area contributed by atoms with Crippen molar-refractivity contribution in [2.75, 3.05) is 19.8 Å². The van der Waals surface area contributed by atoms with Crippen molar-refractivity contribution in [2.24, 2.45) is 0 Å². The summed E-state index contributed by atoms with van der Waals surface area (Å²) in [5.41, 5.74) is 2.19. The fraction of sp³-hybridized carbons (Fsp3) is 0.471. The largest absolute Gasteiger partial charge is 0.396 e. The molecule has 0 aromatic heterocycles. The van der Waals surface area contributed by atoms with Gasteiger partial charge in [-0.2, -0.15) is 0 Å². The Hall–Kier alpha value is -1.83. The summed E-state index contributed by atoms with van der Waals surface area (Å²) in [5.74, 6) is 5.41. The highest BCUT2D eigenvalue weighted by Gasteiger charge is 2.20. The first kappa shape index (κ1) is 17.2. The summed E-state index contributed by atoms with van der Waals surface area (Å²) in [7, 11) is 0. The Morgan fingerprint density at radius 1 is 1.33 bits per heavy atom. The van der Waals surface area contributed by atoms with Crippen molar-refractivity contribution in [2.45, 2.75) is 33.2 Å². The number of hydrogen-bond donors (Lipinski definition) is 2. The minimum Gasteiger partial charge on any atom is -0.396 e. The second-order valence-electron chi connectivity index (χ2n) is 5.11. The maximum absolute atomic E-state index is 12.7. The fourth-order valence-corrected chi connectivity index (χ4v) is 2.13. The van der Waals surface area contributed by atoms with Crippen LogP contribution in [0.25, 0.3) is 0 Å². The average molecular weight is 289 g/mol. The van der Waals surface area contributed by atoms with E-state index >= 15 is 0 Å². The monoisotopic (exact) mass is 289 g/mol. The summed E-state index contributed by atoms with van der Waals surface area (Å²) >= 11 is 0. The van der Waals surface area contributed by atoms with Gasteiger partial charge in [0, 0.05) is 30.3 Å². The van der Waals surface area contributed by atoms with E-state index in [1.54, 1.807) is 17.0 Å². The van der Waals surface area contributed by atoms with Gasteiger partial charge in [-0.3, -0.25) is 4.79 Å². The smallest absolute Gasteiger partial charge is 0.254 e. The Morgan fingerprint density at radius 3 is 2.62 bits per heavy atom. The van der Waals surface area contributed by atoms with Gasteiger partial charge < -0.3 is 15.1 Å². The molecule has 0 fully saturated rings. The first-order valence-corrected chi connectivity index (χ1v) is 7.14. The van der Waals surface area contributed by atoms with Gasteiger partial charge in [-0.05, 0) is 44.9 Å². The molecule has 0 unspecified atom stereocenters. The van der Waals surface area contributed by atoms with E-state index in [2.05, 4.69) is 11.8 Å². The molecule has 1 amide bonds. The molecular weight excluding hydrogens is 266 g/mol. The molecule has 0 saturated heterocycles. The first-order chi connectivity index (χ1) is 10.0. The van der Waals surface area contributed by atoms with Gasteiger partial charge in [0.2, 0.25) is 0 Å². The van der Waals surface area contributed by atoms with Crippen LogP contribution < -0.4 is 0 Å². The second-order valence-corrected chi connectivity index (χ2v) is 5.11. The van der Waals surface area contributed by atoms with Gasteiger partial charge in [0.25, 0.3) is 5.91 Å². The lowest BCUT2D eigenvalue weighted by Gasteiger charge is -2.27. The highest BCUT2D eigenvalue weighted by Crippen LogP contribution is 2.17. The second kappa shape index (κ2) is 8.46. The van der Waals surface area contributed by atoms with Crippen LogP contribution in [-0.4, -0.2) is 46.8 Å². The lowest BCUT2D eigenvalue weighted by molar-refractivity contribution is 0.0692. The van der Waals surface area contributed by atoms with Crippen molar-refractivity contribution in [3.8, 4) is 11.8 Å². The summed E-state index contributed by atoms with van der Waals surface area (Å²) in [6.07, 6.45) is 0.562. The third kappa shape index (κ3) is 4.59. The van der Waals surface area contributed by atoms with Gasteiger partial charge in [0.1, 0.15) is 6.61 Å². The van der Waals surface area contributed by atoms with Crippen LogP contribution in [0.2, 0.25) is 0 Å². The summed E-state index contributed by atoms with van der Waals surface area (Å²) in [5, 5.41) is 17.7. The highest BCUT2D eigenvalue weighted by molar-refractivity contribution is 5.96. The molecule has 0 aliphatic carbocycles. The highest BCUT2D eigenvalue weighted by atomic mass is 16.3. The number of amides is 1. The molecule has 0 atom stereocenters. The van der Waals surface area contributed by atoms with Crippen LogP contribution in [0.1, 0.15) is 41.8 Å². The quantitative estimate of drug-likeness (QED) is 0.809. The number of carbonyl (C=O) groups excluding carboxylic acids is 1. The van der Waals surface area contributed by atoms with Crippen molar-refractivity contribution in [3.05, 3.63) is 34.9 Å². The zero-order valence-corrected chi connectivity index (χ0v) is 12.9. The molecule has 1 aromatic rings. The normalized spacial score (nSPS) is 10.2. The SMILES string of the molecule is Cc1c(C#CCO)cccc1C(=O)N(CCCO)C(C)C. The molecule has 0 spiro atoms. The first-order valence-electron chi connectivity index (χ1n) is 7.14. The van der Waals surface area contributed by atoms with Crippen molar-refractivity contribution >= 4 is 5.91 Å². The molecule has 1 aromatic carbocycles. The Balaban J connectivity index is 3.10. The topological polar surface area (TPSA) is 60.8 Å². The maximum Gasteiger partial charge on any atom is 0.254 e. The van der Waals surface area contributed by atoms with Gasteiger partial charge in [-0.1, -0.05) is 17.9 Å². The summed E-state index contributed by atoms with van der Waals surface area (Å²) in [4.78, 5) is 14.4. The number of rotatable bonds is 5. The lowest BCUT2D eigenvalue weighted by Crippen LogP contribution is -2.38. The van der Waals surface area contributed by atoms with E-state index in [9.17, 15) is 4.79 Å². The van der Waals surface area contributed by atoms with E-state index in [0.717, 1.165) is 11.1 Å². The number of carbonyl (C=O) groups is 1. The molecular formula is C17H23NO3. The summed E-state index contributed by atoms with van der Waals surface area (Å²) < 4.78 is 0. The van der Waals surface area contributed by atoms with E-state index in [1.165, 1.54) is 0 Å². The molecule has 0 radical (unpaired) electrons. The molecule has 4 heteroatoms. The Labute approximate surface area is 126 Å². The summed E-state index contributed by atoms with van der Waals surface area (Å²) in [6, 6.07) is 5.49. The fourth-order valence-electron chi connectivity index (χ4n) is 2.13. The Morgan fingerprint density at radius 2 is 2.05 bits per heavy atom. The van der Waals surface area contributed by atoms with Crippen LogP contribution in [-0.2, 0) is 0 Å². The Kier molecular flexibility index (Phi) is 6.93. The van der Waals surface area contributed by atoms with Crippen LogP contribution in [0.3, 0.4) is 0 Å². The average Bonchev–Trinajstić information content (AvgIpc) is 2.46. The molecule has 2 N–H and O–H groups in total. The standard InChI is InChI=1S/C17H23NO3/c1-13(2)18(10-6-12-20)17(21)16-9-4-7-15(14(16)3)8-5-11-19/h4,7,9,13,19-20H,6,10-12H2,1-3H3. The van der Waals surface area contributed by atoms with Crippen LogP contribution in [0, 0.1) is 18.8 Å². The van der Waals surface area contributed by atoms with Crippen LogP contribution in [0.4, 0.5) is 0 Å². The van der Waals surface area contributed by atoms with E-state index < -0.39 is 0 Å². The van der Waals surface area contributed by atoms with Crippen molar-refractivity contribution < 1.29 is 15.0 Å². The lowest BCUT2D eigenvalue weighted by atomic mass is 10.0. The molecule has 1 rings (SSSR count). The Bertz CT molecular complexity index is 541. The number of aliphatic hydroxyl groups excluding tert-OH is 2. The van der Waals surface area contributed by atoms with Gasteiger partial charge in [-0.25, -0.2) is 0 Å². The van der Waals surface area contributed by atoms with Crippen molar-refractivity contribution in [3.63, 3.8) is 0 Å². The molecule has 0 heterocycles. The van der Waals surface area contributed by atoms with Crippen molar-refractivity contribution in [1.82, 2.24) is 4.90 Å². The molecule has 21 heavy (non-hydrogen) atoms. The van der Waals surface area contributed by atoms with E-state index in [0.29, 0.717) is 18.5 Å². The predicted molar refractivity (Wildman–Crippen MR) is 83.0 cm³/mol. The van der Waals surface area contributed by atoms with E-state index in [4.69, 9.17) is 10.2 Å². The number of nitrogens with zero attached hydrogens (tertiary/aromatic N) is 1. The van der Waals surface area contributed by atoms with Crippen LogP contribution in [0.15, 0.2) is 18.2 Å². The minimum absolute atomic E-state index is 0.0522. The van der Waals surface area contributed by atoms with Gasteiger partial charge in [-0.15, -0.1) is 0 Å². The molecule has 0 saturated carbocycles. The molecule has 4 nitrogen and oxygen atoms in total. The molecule has 0 aliphatic rings. The van der Waals surface area contributed by atoms with Gasteiger partial charge >= 0.3 is 0 Å². The number of hydrogen-bond acceptors (Lipinski definition) is 3. The zero-order valence-electron chi connectivity index (χ0n) is 12.9. The third-order valence-electron chi connectivity index (χ3n) is 3.31. The predicted octanol–water partition coefficient (Wildman–Crippen LogP) is 1.57. The number of aliphatic hydroxyl groups is 2.